The van der Waals surface area contributed by atoms with Gasteiger partial charge in [0, 0.05) is 6.54 Å². The number of nitrogens with two attached hydrogens (primary N) is 1. The SMILES string of the molecule is C[C@@H](OC(=O)CCNC(N)=O)C(=O)Nc1cc(C(F)(F)F)ccc1Cl. The van der Waals surface area contributed by atoms with Crippen LogP contribution in [0.15, 0.2) is 18.2 Å². The molecule has 1 atom stereocenters. The van der Waals surface area contributed by atoms with Crippen molar-refractivity contribution in [3.05, 3.63) is 28.8 Å². The summed E-state index contributed by atoms with van der Waals surface area (Å²) in [6.45, 7) is 1.15. The first-order valence-electron chi connectivity index (χ1n) is 6.91. The molecule has 1 aromatic rings. The Morgan fingerprint density at radius 1 is 1.32 bits per heavy atom. The number of anilines is 1. The summed E-state index contributed by atoms with van der Waals surface area (Å²) in [5.41, 5.74) is 3.56. The summed E-state index contributed by atoms with van der Waals surface area (Å²) in [5.74, 6) is -1.66. The number of alkyl halides is 3. The minimum atomic E-state index is -4.60. The number of carbonyl (C=O) groups is 3. The van der Waals surface area contributed by atoms with E-state index in [4.69, 9.17) is 22.1 Å². The molecule has 138 valence electrons. The molecule has 4 N–H and O–H groups in total. The van der Waals surface area contributed by atoms with Gasteiger partial charge in [-0.15, -0.1) is 0 Å². The third-order valence-corrected chi connectivity index (χ3v) is 3.19. The molecule has 0 bridgehead atoms. The highest BCUT2D eigenvalue weighted by Gasteiger charge is 2.31. The van der Waals surface area contributed by atoms with Crippen molar-refractivity contribution in [2.24, 2.45) is 5.73 Å². The lowest BCUT2D eigenvalue weighted by atomic mass is 10.2. The number of ether oxygens (including phenoxy) is 1. The Bertz CT molecular complexity index is 667. The average molecular weight is 382 g/mol. The normalized spacial score (nSPS) is 12.2. The second-order valence-electron chi connectivity index (χ2n) is 4.85. The van der Waals surface area contributed by atoms with Crippen LogP contribution in [0.25, 0.3) is 0 Å². The molecule has 25 heavy (non-hydrogen) atoms. The molecule has 0 radical (unpaired) electrons. The first-order valence-corrected chi connectivity index (χ1v) is 7.29. The van der Waals surface area contributed by atoms with Gasteiger partial charge in [-0.2, -0.15) is 13.2 Å². The minimum Gasteiger partial charge on any atom is -0.452 e. The van der Waals surface area contributed by atoms with Crippen molar-refractivity contribution >= 4 is 35.2 Å². The monoisotopic (exact) mass is 381 g/mol. The van der Waals surface area contributed by atoms with Gasteiger partial charge in [0.25, 0.3) is 5.91 Å². The number of nitrogens with one attached hydrogen (secondary N) is 2. The summed E-state index contributed by atoms with van der Waals surface area (Å²) < 4.78 is 42.8. The molecule has 0 aliphatic carbocycles. The lowest BCUT2D eigenvalue weighted by Crippen LogP contribution is -2.33. The molecule has 0 aliphatic heterocycles. The summed E-state index contributed by atoms with van der Waals surface area (Å²) in [4.78, 5) is 33.8. The third-order valence-electron chi connectivity index (χ3n) is 2.86. The molecule has 0 fully saturated rings. The first kappa shape index (κ1) is 20.6. The van der Waals surface area contributed by atoms with E-state index in [1.165, 1.54) is 6.92 Å². The van der Waals surface area contributed by atoms with Crippen LogP contribution in [0.1, 0.15) is 18.9 Å². The fraction of sp³-hybridized carbons (Fsp3) is 0.357. The lowest BCUT2D eigenvalue weighted by Gasteiger charge is -2.15. The van der Waals surface area contributed by atoms with E-state index in [0.717, 1.165) is 12.1 Å². The number of hydrogen-bond acceptors (Lipinski definition) is 4. The van der Waals surface area contributed by atoms with E-state index in [9.17, 15) is 27.6 Å². The second kappa shape index (κ2) is 8.56. The predicted molar refractivity (Wildman–Crippen MR) is 82.8 cm³/mol. The number of esters is 1. The Balaban J connectivity index is 2.66. The van der Waals surface area contributed by atoms with Crippen molar-refractivity contribution in [1.29, 1.82) is 0 Å². The smallest absolute Gasteiger partial charge is 0.416 e. The van der Waals surface area contributed by atoms with Gasteiger partial charge in [-0.05, 0) is 25.1 Å². The Morgan fingerprint density at radius 3 is 2.52 bits per heavy atom. The highest BCUT2D eigenvalue weighted by molar-refractivity contribution is 6.33. The van der Waals surface area contributed by atoms with Gasteiger partial charge in [-0.25, -0.2) is 4.79 Å². The first-order chi connectivity index (χ1) is 11.5. The van der Waals surface area contributed by atoms with Crippen LogP contribution in [0, 0.1) is 0 Å². The molecule has 11 heteroatoms. The maximum atomic E-state index is 12.7. The van der Waals surface area contributed by atoms with Crippen LogP contribution in [-0.4, -0.2) is 30.6 Å². The molecular weight excluding hydrogens is 367 g/mol. The standard InChI is InChI=1S/C14H15ClF3N3O4/c1-7(25-11(22)4-5-20-13(19)24)12(23)21-10-6-8(14(16,17)18)2-3-9(10)15/h2-3,6-7H,4-5H2,1H3,(H,21,23)(H3,19,20,24)/t7-/m1/s1. The summed E-state index contributed by atoms with van der Waals surface area (Å²) >= 11 is 5.76. The topological polar surface area (TPSA) is 111 Å². The van der Waals surface area contributed by atoms with Gasteiger partial charge in [0.15, 0.2) is 6.10 Å². The van der Waals surface area contributed by atoms with Gasteiger partial charge >= 0.3 is 18.2 Å². The van der Waals surface area contributed by atoms with Crippen LogP contribution in [0.4, 0.5) is 23.7 Å². The second-order valence-corrected chi connectivity index (χ2v) is 5.26. The molecule has 3 amide bonds. The molecule has 0 aliphatic rings. The van der Waals surface area contributed by atoms with Crippen molar-refractivity contribution in [2.45, 2.75) is 25.6 Å². The summed E-state index contributed by atoms with van der Waals surface area (Å²) in [5, 5.41) is 4.22. The van der Waals surface area contributed by atoms with Gasteiger partial charge in [0.2, 0.25) is 0 Å². The highest BCUT2D eigenvalue weighted by atomic mass is 35.5. The molecular formula is C14H15ClF3N3O4. The molecule has 1 aromatic carbocycles. The molecule has 0 spiro atoms. The van der Waals surface area contributed by atoms with Crippen molar-refractivity contribution in [1.82, 2.24) is 5.32 Å². The quantitative estimate of drug-likeness (QED) is 0.656. The molecule has 0 saturated heterocycles. The maximum absolute atomic E-state index is 12.7. The zero-order valence-corrected chi connectivity index (χ0v) is 13.7. The Hall–Kier alpha value is -2.49. The van der Waals surface area contributed by atoms with Crippen molar-refractivity contribution < 1.29 is 32.3 Å². The fourth-order valence-corrected chi connectivity index (χ4v) is 1.79. The number of amides is 3. The Labute approximate surface area is 145 Å². The van der Waals surface area contributed by atoms with Gasteiger partial charge < -0.3 is 21.1 Å². The fourth-order valence-electron chi connectivity index (χ4n) is 1.63. The van der Waals surface area contributed by atoms with Crippen LogP contribution in [0.3, 0.4) is 0 Å². The average Bonchev–Trinajstić information content (AvgIpc) is 2.47. The van der Waals surface area contributed by atoms with E-state index in [-0.39, 0.29) is 23.7 Å². The van der Waals surface area contributed by atoms with Crippen LogP contribution in [-0.2, 0) is 20.5 Å². The predicted octanol–water partition coefficient (Wildman–Crippen LogP) is 2.29. The number of benzene rings is 1. The van der Waals surface area contributed by atoms with Crippen LogP contribution < -0.4 is 16.4 Å². The molecule has 0 aromatic heterocycles. The van der Waals surface area contributed by atoms with Gasteiger partial charge in [-0.1, -0.05) is 11.6 Å². The summed E-state index contributed by atoms with van der Waals surface area (Å²) in [7, 11) is 0. The molecule has 0 saturated carbocycles. The number of carbonyl (C=O) groups excluding carboxylic acids is 3. The number of rotatable bonds is 6. The van der Waals surface area contributed by atoms with Gasteiger partial charge in [0.1, 0.15) is 0 Å². The molecule has 1 rings (SSSR count). The Kier molecular flexibility index (Phi) is 7.04. The van der Waals surface area contributed by atoms with Gasteiger partial charge in [-0.3, -0.25) is 9.59 Å². The van der Waals surface area contributed by atoms with Crippen LogP contribution in [0.5, 0.6) is 0 Å². The van der Waals surface area contributed by atoms with Crippen molar-refractivity contribution in [3.8, 4) is 0 Å². The Morgan fingerprint density at radius 2 is 1.96 bits per heavy atom. The molecule has 7 nitrogen and oxygen atoms in total. The van der Waals surface area contributed by atoms with Crippen LogP contribution >= 0.6 is 11.6 Å². The maximum Gasteiger partial charge on any atom is 0.416 e. The van der Waals surface area contributed by atoms with Crippen LogP contribution in [0.2, 0.25) is 5.02 Å². The highest BCUT2D eigenvalue weighted by Crippen LogP contribution is 2.33. The van der Waals surface area contributed by atoms with E-state index < -0.39 is 35.8 Å². The van der Waals surface area contributed by atoms with E-state index in [2.05, 4.69) is 10.6 Å². The lowest BCUT2D eigenvalue weighted by molar-refractivity contribution is -0.153. The number of halogens is 4. The van der Waals surface area contributed by atoms with E-state index in [1.807, 2.05) is 0 Å². The minimum absolute atomic E-state index is 0.0814. The van der Waals surface area contributed by atoms with E-state index >= 15 is 0 Å². The molecule has 0 unspecified atom stereocenters. The number of primary amides is 1. The zero-order valence-electron chi connectivity index (χ0n) is 12.9. The zero-order chi connectivity index (χ0) is 19.2. The van der Waals surface area contributed by atoms with E-state index in [0.29, 0.717) is 6.07 Å². The van der Waals surface area contributed by atoms with Crippen molar-refractivity contribution in [2.75, 3.05) is 11.9 Å². The summed E-state index contributed by atoms with van der Waals surface area (Å²) in [6.07, 6.45) is -6.12. The van der Waals surface area contributed by atoms with E-state index in [1.54, 1.807) is 0 Å². The van der Waals surface area contributed by atoms with Crippen molar-refractivity contribution in [3.63, 3.8) is 0 Å². The largest absolute Gasteiger partial charge is 0.452 e. The molecule has 0 heterocycles. The number of urea groups is 1. The third kappa shape index (κ3) is 6.87. The number of hydrogen-bond donors (Lipinski definition) is 3. The summed E-state index contributed by atoms with van der Waals surface area (Å²) in [6, 6.07) is 1.61. The van der Waals surface area contributed by atoms with Gasteiger partial charge in [0.05, 0.1) is 22.7 Å².